The van der Waals surface area contributed by atoms with Gasteiger partial charge in [0.1, 0.15) is 0 Å². The van der Waals surface area contributed by atoms with Gasteiger partial charge in [0.25, 0.3) is 0 Å². The van der Waals surface area contributed by atoms with E-state index in [1.807, 2.05) is 19.0 Å². The predicted octanol–water partition coefficient (Wildman–Crippen LogP) is 2.52. The highest BCUT2D eigenvalue weighted by Crippen LogP contribution is 2.27. The molecular weight excluding hydrogens is 350 g/mol. The number of Topliss-reactive ketones (excluding diaryl/α,β-unsaturated/α-hetero) is 1. The summed E-state index contributed by atoms with van der Waals surface area (Å²) in [6.07, 6.45) is -1.12. The third kappa shape index (κ3) is 4.98. The number of rotatable bonds is 8. The Morgan fingerprint density at radius 3 is 2.22 bits per heavy atom. The minimum absolute atomic E-state index is 0.0877. The monoisotopic (exact) mass is 373 g/mol. The number of carbonyl (C=O) groups is 2. The van der Waals surface area contributed by atoms with Crippen molar-refractivity contribution in [2.45, 2.75) is 6.10 Å². The van der Waals surface area contributed by atoms with E-state index < -0.39 is 17.9 Å². The summed E-state index contributed by atoms with van der Waals surface area (Å²) in [5.41, 5.74) is 1.51. The molecule has 0 spiro atoms. The molecule has 2 aromatic rings. The Hall–Kier alpha value is -3.06. The molecule has 2 rings (SSSR count). The molecule has 0 aliphatic carbocycles. The van der Waals surface area contributed by atoms with Crippen molar-refractivity contribution in [3.63, 3.8) is 0 Å². The van der Waals surface area contributed by atoms with E-state index in [1.54, 1.807) is 24.3 Å². The SMILES string of the molecule is COCC(OC(=O)c1ccc(N(C)C)cc1)C(=O)c1ccc(O)c(OC)c1. The van der Waals surface area contributed by atoms with Gasteiger partial charge in [-0.05, 0) is 42.5 Å². The summed E-state index contributed by atoms with van der Waals surface area (Å²) in [4.78, 5) is 27.0. The zero-order valence-electron chi connectivity index (χ0n) is 15.8. The second-order valence-electron chi connectivity index (χ2n) is 6.04. The Morgan fingerprint density at radius 2 is 1.67 bits per heavy atom. The molecule has 1 atom stereocenters. The number of hydrogen-bond acceptors (Lipinski definition) is 7. The zero-order valence-corrected chi connectivity index (χ0v) is 15.8. The van der Waals surface area contributed by atoms with Gasteiger partial charge in [-0.2, -0.15) is 0 Å². The summed E-state index contributed by atoms with van der Waals surface area (Å²) >= 11 is 0. The van der Waals surface area contributed by atoms with Gasteiger partial charge in [0.15, 0.2) is 17.6 Å². The van der Waals surface area contributed by atoms with Crippen LogP contribution >= 0.6 is 0 Å². The lowest BCUT2D eigenvalue weighted by Crippen LogP contribution is -2.31. The molecular formula is C20H23NO6. The second kappa shape index (κ2) is 9.05. The highest BCUT2D eigenvalue weighted by atomic mass is 16.6. The first kappa shape index (κ1) is 20.3. The maximum atomic E-state index is 12.7. The smallest absolute Gasteiger partial charge is 0.338 e. The minimum Gasteiger partial charge on any atom is -0.504 e. The summed E-state index contributed by atoms with van der Waals surface area (Å²) in [6.45, 7) is -0.0937. The zero-order chi connectivity index (χ0) is 20.0. The van der Waals surface area contributed by atoms with Gasteiger partial charge in [-0.3, -0.25) is 4.79 Å². The Balaban J connectivity index is 2.18. The number of phenols is 1. The van der Waals surface area contributed by atoms with E-state index in [2.05, 4.69) is 0 Å². The summed E-state index contributed by atoms with van der Waals surface area (Å²) in [5.74, 6) is -1.01. The van der Waals surface area contributed by atoms with Crippen molar-refractivity contribution in [2.75, 3.05) is 39.8 Å². The third-order valence-corrected chi connectivity index (χ3v) is 3.94. The van der Waals surface area contributed by atoms with Crippen molar-refractivity contribution in [1.29, 1.82) is 0 Å². The Kier molecular flexibility index (Phi) is 6.79. The molecule has 0 saturated carbocycles. The van der Waals surface area contributed by atoms with Crippen LogP contribution in [0.25, 0.3) is 0 Å². The van der Waals surface area contributed by atoms with Gasteiger partial charge in [-0.15, -0.1) is 0 Å². The molecule has 0 aliphatic rings. The summed E-state index contributed by atoms with van der Waals surface area (Å²) in [5, 5.41) is 9.66. The highest BCUT2D eigenvalue weighted by molar-refractivity contribution is 6.02. The Labute approximate surface area is 158 Å². The lowest BCUT2D eigenvalue weighted by atomic mass is 10.1. The predicted molar refractivity (Wildman–Crippen MR) is 101 cm³/mol. The fraction of sp³-hybridized carbons (Fsp3) is 0.300. The third-order valence-electron chi connectivity index (χ3n) is 3.94. The maximum Gasteiger partial charge on any atom is 0.338 e. The molecule has 2 aromatic carbocycles. The molecule has 0 amide bonds. The van der Waals surface area contributed by atoms with E-state index in [1.165, 1.54) is 32.4 Å². The lowest BCUT2D eigenvalue weighted by molar-refractivity contribution is 0.00870. The van der Waals surface area contributed by atoms with E-state index >= 15 is 0 Å². The molecule has 1 unspecified atom stereocenters. The number of carbonyl (C=O) groups excluding carboxylic acids is 2. The van der Waals surface area contributed by atoms with Crippen LogP contribution in [0.5, 0.6) is 11.5 Å². The molecule has 1 N–H and O–H groups in total. The van der Waals surface area contributed by atoms with Gasteiger partial charge in [-0.1, -0.05) is 0 Å². The van der Waals surface area contributed by atoms with Crippen molar-refractivity contribution in [3.8, 4) is 11.5 Å². The average molecular weight is 373 g/mol. The number of ether oxygens (including phenoxy) is 3. The van der Waals surface area contributed by atoms with E-state index in [-0.39, 0.29) is 23.7 Å². The number of phenolic OH excluding ortho intramolecular Hbond substituents is 1. The van der Waals surface area contributed by atoms with Crippen LogP contribution in [-0.4, -0.2) is 57.9 Å². The number of esters is 1. The molecule has 0 heterocycles. The standard InChI is InChI=1S/C20H23NO6/c1-21(2)15-8-5-13(6-9-15)20(24)27-18(12-25-3)19(23)14-7-10-16(22)17(11-14)26-4/h5-11,18,22H,12H2,1-4H3. The summed E-state index contributed by atoms with van der Waals surface area (Å²) < 4.78 is 15.4. The first-order valence-corrected chi connectivity index (χ1v) is 8.26. The normalized spacial score (nSPS) is 11.6. The van der Waals surface area contributed by atoms with Gasteiger partial charge < -0.3 is 24.2 Å². The molecule has 0 saturated heterocycles. The number of anilines is 1. The first-order valence-electron chi connectivity index (χ1n) is 8.26. The molecule has 0 bridgehead atoms. The van der Waals surface area contributed by atoms with Crippen molar-refractivity contribution in [1.82, 2.24) is 0 Å². The fourth-order valence-corrected chi connectivity index (χ4v) is 2.42. The van der Waals surface area contributed by atoms with Crippen LogP contribution in [0.1, 0.15) is 20.7 Å². The van der Waals surface area contributed by atoms with Crippen molar-refractivity contribution >= 4 is 17.4 Å². The largest absolute Gasteiger partial charge is 0.504 e. The fourth-order valence-electron chi connectivity index (χ4n) is 2.42. The number of ketones is 1. The maximum absolute atomic E-state index is 12.7. The minimum atomic E-state index is -1.12. The van der Waals surface area contributed by atoms with Crippen LogP contribution in [0.15, 0.2) is 42.5 Å². The van der Waals surface area contributed by atoms with Gasteiger partial charge in [-0.25, -0.2) is 4.79 Å². The summed E-state index contributed by atoms with van der Waals surface area (Å²) in [7, 11) is 6.59. The van der Waals surface area contributed by atoms with Gasteiger partial charge in [0.05, 0.1) is 19.3 Å². The molecule has 0 aromatic heterocycles. The van der Waals surface area contributed by atoms with Gasteiger partial charge in [0.2, 0.25) is 5.78 Å². The Bertz CT molecular complexity index is 801. The molecule has 0 fully saturated rings. The van der Waals surface area contributed by atoms with Crippen LogP contribution in [-0.2, 0) is 9.47 Å². The van der Waals surface area contributed by atoms with Crippen molar-refractivity contribution < 1.29 is 28.9 Å². The molecule has 0 aliphatic heterocycles. The number of hydrogen-bond donors (Lipinski definition) is 1. The van der Waals surface area contributed by atoms with Crippen LogP contribution in [0.4, 0.5) is 5.69 Å². The van der Waals surface area contributed by atoms with E-state index in [9.17, 15) is 14.7 Å². The number of methoxy groups -OCH3 is 2. The van der Waals surface area contributed by atoms with Crippen LogP contribution < -0.4 is 9.64 Å². The van der Waals surface area contributed by atoms with E-state index in [0.29, 0.717) is 5.56 Å². The van der Waals surface area contributed by atoms with E-state index in [4.69, 9.17) is 14.2 Å². The first-order chi connectivity index (χ1) is 12.9. The quantitative estimate of drug-likeness (QED) is 0.562. The van der Waals surface area contributed by atoms with Crippen LogP contribution in [0, 0.1) is 0 Å². The van der Waals surface area contributed by atoms with Crippen LogP contribution in [0.2, 0.25) is 0 Å². The average Bonchev–Trinajstić information content (AvgIpc) is 2.67. The number of aromatic hydroxyl groups is 1. The van der Waals surface area contributed by atoms with Crippen molar-refractivity contribution in [2.24, 2.45) is 0 Å². The molecule has 7 heteroatoms. The number of benzene rings is 2. The van der Waals surface area contributed by atoms with E-state index in [0.717, 1.165) is 5.69 Å². The van der Waals surface area contributed by atoms with Crippen molar-refractivity contribution in [3.05, 3.63) is 53.6 Å². The highest BCUT2D eigenvalue weighted by Gasteiger charge is 2.26. The van der Waals surface area contributed by atoms with Crippen LogP contribution in [0.3, 0.4) is 0 Å². The number of nitrogens with zero attached hydrogens (tertiary/aromatic N) is 1. The van der Waals surface area contributed by atoms with Gasteiger partial charge in [0, 0.05) is 32.5 Å². The molecule has 27 heavy (non-hydrogen) atoms. The Morgan fingerprint density at radius 1 is 1.04 bits per heavy atom. The van der Waals surface area contributed by atoms with Gasteiger partial charge >= 0.3 is 5.97 Å². The molecule has 7 nitrogen and oxygen atoms in total. The summed E-state index contributed by atoms with van der Waals surface area (Å²) in [6, 6.07) is 11.0. The molecule has 144 valence electrons. The molecule has 0 radical (unpaired) electrons. The lowest BCUT2D eigenvalue weighted by Gasteiger charge is -2.17. The second-order valence-corrected chi connectivity index (χ2v) is 6.04. The topological polar surface area (TPSA) is 85.3 Å².